The molecular weight excluding hydrogens is 342 g/mol. The minimum absolute atomic E-state index is 0.233. The SMILES string of the molecule is COC(=O)C(C)C(=O)Oc1ccc(OCc2ccccc2)cc1[N+](=O)[O-]. The Morgan fingerprint density at radius 1 is 1.12 bits per heavy atom. The molecule has 26 heavy (non-hydrogen) atoms. The van der Waals surface area contributed by atoms with E-state index in [-0.39, 0.29) is 18.1 Å². The molecule has 0 aliphatic heterocycles. The predicted octanol–water partition coefficient (Wildman–Crippen LogP) is 2.89. The summed E-state index contributed by atoms with van der Waals surface area (Å²) < 4.78 is 14.9. The summed E-state index contributed by atoms with van der Waals surface area (Å²) in [6.07, 6.45) is 0. The highest BCUT2D eigenvalue weighted by Crippen LogP contribution is 2.32. The molecule has 0 aromatic heterocycles. The average molecular weight is 359 g/mol. The fourth-order valence-corrected chi connectivity index (χ4v) is 2.03. The minimum Gasteiger partial charge on any atom is -0.489 e. The summed E-state index contributed by atoms with van der Waals surface area (Å²) in [6, 6.07) is 13.2. The van der Waals surface area contributed by atoms with Crippen LogP contribution in [0.3, 0.4) is 0 Å². The van der Waals surface area contributed by atoms with E-state index in [1.165, 1.54) is 19.1 Å². The quantitative estimate of drug-likeness (QED) is 0.246. The molecule has 2 aromatic rings. The third kappa shape index (κ3) is 4.79. The highest BCUT2D eigenvalue weighted by molar-refractivity contribution is 5.95. The lowest BCUT2D eigenvalue weighted by molar-refractivity contribution is -0.385. The summed E-state index contributed by atoms with van der Waals surface area (Å²) in [5.41, 5.74) is 0.457. The van der Waals surface area contributed by atoms with Gasteiger partial charge in [0.15, 0.2) is 5.92 Å². The van der Waals surface area contributed by atoms with E-state index in [9.17, 15) is 19.7 Å². The van der Waals surface area contributed by atoms with Crippen LogP contribution in [0.1, 0.15) is 12.5 Å². The lowest BCUT2D eigenvalue weighted by Crippen LogP contribution is -2.26. The second kappa shape index (κ2) is 8.61. The molecule has 0 saturated heterocycles. The number of carbonyl (C=O) groups is 2. The van der Waals surface area contributed by atoms with Gasteiger partial charge in [0.2, 0.25) is 5.75 Å². The molecule has 2 aromatic carbocycles. The number of hydrogen-bond donors (Lipinski definition) is 0. The van der Waals surface area contributed by atoms with Gasteiger partial charge < -0.3 is 14.2 Å². The minimum atomic E-state index is -1.20. The van der Waals surface area contributed by atoms with Crippen molar-refractivity contribution in [3.63, 3.8) is 0 Å². The van der Waals surface area contributed by atoms with E-state index in [1.807, 2.05) is 30.3 Å². The molecular formula is C18H17NO7. The first-order chi connectivity index (χ1) is 12.4. The number of benzene rings is 2. The van der Waals surface area contributed by atoms with Gasteiger partial charge in [-0.05, 0) is 24.6 Å². The number of nitrogens with zero attached hydrogens (tertiary/aromatic N) is 1. The molecule has 8 heteroatoms. The summed E-state index contributed by atoms with van der Waals surface area (Å²) in [6.45, 7) is 1.52. The number of methoxy groups -OCH3 is 1. The molecule has 0 aliphatic rings. The van der Waals surface area contributed by atoms with Gasteiger partial charge in [0.1, 0.15) is 12.4 Å². The Kier molecular flexibility index (Phi) is 6.26. The number of ether oxygens (including phenoxy) is 3. The van der Waals surface area contributed by atoms with E-state index in [2.05, 4.69) is 4.74 Å². The summed E-state index contributed by atoms with van der Waals surface area (Å²) in [5.74, 6) is -2.96. The maximum absolute atomic E-state index is 11.9. The summed E-state index contributed by atoms with van der Waals surface area (Å²) in [4.78, 5) is 33.8. The Labute approximate surface area is 149 Å². The Hall–Kier alpha value is -3.42. The molecule has 0 saturated carbocycles. The first kappa shape index (κ1) is 18.9. The van der Waals surface area contributed by atoms with Gasteiger partial charge in [0, 0.05) is 0 Å². The van der Waals surface area contributed by atoms with Crippen LogP contribution in [0.4, 0.5) is 5.69 Å². The van der Waals surface area contributed by atoms with Gasteiger partial charge in [-0.3, -0.25) is 19.7 Å². The van der Waals surface area contributed by atoms with Crippen LogP contribution >= 0.6 is 0 Å². The van der Waals surface area contributed by atoms with Crippen LogP contribution in [0.15, 0.2) is 48.5 Å². The zero-order valence-electron chi connectivity index (χ0n) is 14.2. The predicted molar refractivity (Wildman–Crippen MR) is 90.7 cm³/mol. The van der Waals surface area contributed by atoms with Crippen LogP contribution in [0.5, 0.6) is 11.5 Å². The van der Waals surface area contributed by atoms with Crippen LogP contribution in [0.25, 0.3) is 0 Å². The number of rotatable bonds is 7. The fraction of sp³-hybridized carbons (Fsp3) is 0.222. The van der Waals surface area contributed by atoms with E-state index in [0.29, 0.717) is 0 Å². The highest BCUT2D eigenvalue weighted by atomic mass is 16.6. The Morgan fingerprint density at radius 3 is 2.42 bits per heavy atom. The van der Waals surface area contributed by atoms with Crippen LogP contribution in [-0.2, 0) is 20.9 Å². The molecule has 0 bridgehead atoms. The van der Waals surface area contributed by atoms with Gasteiger partial charge in [0.05, 0.1) is 18.1 Å². The van der Waals surface area contributed by atoms with Gasteiger partial charge in [0.25, 0.3) is 0 Å². The zero-order valence-corrected chi connectivity index (χ0v) is 14.2. The van der Waals surface area contributed by atoms with Crippen molar-refractivity contribution < 1.29 is 28.7 Å². The van der Waals surface area contributed by atoms with E-state index in [0.717, 1.165) is 18.7 Å². The van der Waals surface area contributed by atoms with Crippen LogP contribution in [0.2, 0.25) is 0 Å². The molecule has 0 heterocycles. The topological polar surface area (TPSA) is 105 Å². The summed E-state index contributed by atoms with van der Waals surface area (Å²) >= 11 is 0. The number of hydrogen-bond acceptors (Lipinski definition) is 7. The summed E-state index contributed by atoms with van der Waals surface area (Å²) in [7, 11) is 1.13. The van der Waals surface area contributed by atoms with Crippen molar-refractivity contribution in [2.75, 3.05) is 7.11 Å². The molecule has 1 unspecified atom stereocenters. The first-order valence-corrected chi connectivity index (χ1v) is 7.67. The van der Waals surface area contributed by atoms with Gasteiger partial charge in [-0.1, -0.05) is 30.3 Å². The van der Waals surface area contributed by atoms with E-state index in [1.54, 1.807) is 0 Å². The third-order valence-corrected chi connectivity index (χ3v) is 3.49. The maximum Gasteiger partial charge on any atom is 0.325 e. The molecule has 0 aliphatic carbocycles. The van der Waals surface area contributed by atoms with Crippen molar-refractivity contribution in [3.05, 3.63) is 64.2 Å². The number of nitro groups is 1. The van der Waals surface area contributed by atoms with Crippen molar-refractivity contribution >= 4 is 17.6 Å². The lowest BCUT2D eigenvalue weighted by atomic mass is 10.2. The highest BCUT2D eigenvalue weighted by Gasteiger charge is 2.27. The Balaban J connectivity index is 2.14. The van der Waals surface area contributed by atoms with Crippen molar-refractivity contribution in [2.45, 2.75) is 13.5 Å². The molecule has 0 amide bonds. The van der Waals surface area contributed by atoms with Crippen LogP contribution < -0.4 is 9.47 Å². The number of nitro benzene ring substituents is 1. The summed E-state index contributed by atoms with van der Waals surface area (Å²) in [5, 5.41) is 11.3. The molecule has 1 atom stereocenters. The monoisotopic (exact) mass is 359 g/mol. The van der Waals surface area contributed by atoms with E-state index < -0.39 is 28.5 Å². The zero-order chi connectivity index (χ0) is 19.1. The van der Waals surface area contributed by atoms with Crippen molar-refractivity contribution in [1.82, 2.24) is 0 Å². The molecule has 0 fully saturated rings. The standard InChI is InChI=1S/C18H17NO7/c1-12(17(20)24-2)18(21)26-16-9-8-14(10-15(16)19(22)23)25-11-13-6-4-3-5-7-13/h3-10,12H,11H2,1-2H3. The Morgan fingerprint density at radius 2 is 1.81 bits per heavy atom. The van der Waals surface area contributed by atoms with Crippen LogP contribution in [-0.4, -0.2) is 24.0 Å². The first-order valence-electron chi connectivity index (χ1n) is 7.67. The maximum atomic E-state index is 11.9. The van der Waals surface area contributed by atoms with Crippen LogP contribution in [0, 0.1) is 16.0 Å². The van der Waals surface area contributed by atoms with Gasteiger partial charge in [-0.25, -0.2) is 0 Å². The fourth-order valence-electron chi connectivity index (χ4n) is 2.03. The van der Waals surface area contributed by atoms with E-state index in [4.69, 9.17) is 9.47 Å². The van der Waals surface area contributed by atoms with E-state index >= 15 is 0 Å². The van der Waals surface area contributed by atoms with Crippen molar-refractivity contribution in [3.8, 4) is 11.5 Å². The van der Waals surface area contributed by atoms with Crippen molar-refractivity contribution in [2.24, 2.45) is 5.92 Å². The van der Waals surface area contributed by atoms with Gasteiger partial charge in [-0.2, -0.15) is 0 Å². The third-order valence-electron chi connectivity index (χ3n) is 3.49. The molecule has 0 spiro atoms. The Bertz CT molecular complexity index is 804. The molecule has 0 radical (unpaired) electrons. The largest absolute Gasteiger partial charge is 0.489 e. The number of carbonyl (C=O) groups excluding carboxylic acids is 2. The normalized spacial score (nSPS) is 11.3. The van der Waals surface area contributed by atoms with Gasteiger partial charge >= 0.3 is 17.6 Å². The lowest BCUT2D eigenvalue weighted by Gasteiger charge is -2.11. The number of esters is 2. The average Bonchev–Trinajstić information content (AvgIpc) is 2.66. The van der Waals surface area contributed by atoms with Crippen molar-refractivity contribution in [1.29, 1.82) is 0 Å². The molecule has 2 rings (SSSR count). The molecule has 136 valence electrons. The smallest absolute Gasteiger partial charge is 0.325 e. The molecule has 0 N–H and O–H groups in total. The van der Waals surface area contributed by atoms with Gasteiger partial charge in [-0.15, -0.1) is 0 Å². The second-order valence-electron chi connectivity index (χ2n) is 5.33. The second-order valence-corrected chi connectivity index (χ2v) is 5.33. The molecule has 8 nitrogen and oxygen atoms in total.